The first-order valence-corrected chi connectivity index (χ1v) is 2.83. The van der Waals surface area contributed by atoms with Gasteiger partial charge in [-0.1, -0.05) is 0 Å². The maximum Gasteiger partial charge on any atom is 0.0928 e. The molecule has 0 aliphatic carbocycles. The standard InChI is InChI=1S/C6H9N3/c7-4-2-1-3-6(9)5-8/h6H,1-3,9H2. The number of nitriles is 2. The third-order valence-corrected chi connectivity index (χ3v) is 0.970. The van der Waals surface area contributed by atoms with Crippen molar-refractivity contribution >= 4 is 0 Å². The lowest BCUT2D eigenvalue weighted by Crippen LogP contribution is -2.16. The Hall–Kier alpha value is -1.06. The van der Waals surface area contributed by atoms with Crippen molar-refractivity contribution in [3.63, 3.8) is 0 Å². The first kappa shape index (κ1) is 7.94. The Morgan fingerprint density at radius 3 is 2.56 bits per heavy atom. The number of hydrogen-bond donors (Lipinski definition) is 1. The highest BCUT2D eigenvalue weighted by atomic mass is 14.6. The van der Waals surface area contributed by atoms with Crippen LogP contribution in [0.25, 0.3) is 0 Å². The number of unbranched alkanes of at least 4 members (excludes halogenated alkanes) is 1. The molecule has 0 bridgehead atoms. The van der Waals surface area contributed by atoms with Gasteiger partial charge in [0, 0.05) is 6.42 Å². The van der Waals surface area contributed by atoms with E-state index in [2.05, 4.69) is 0 Å². The van der Waals surface area contributed by atoms with Crippen molar-refractivity contribution in [2.75, 3.05) is 0 Å². The second-order valence-corrected chi connectivity index (χ2v) is 1.79. The van der Waals surface area contributed by atoms with Gasteiger partial charge in [0.2, 0.25) is 0 Å². The molecule has 0 aromatic heterocycles. The molecule has 0 rings (SSSR count). The summed E-state index contributed by atoms with van der Waals surface area (Å²) in [6.07, 6.45) is 1.85. The molecule has 9 heavy (non-hydrogen) atoms. The van der Waals surface area contributed by atoms with E-state index in [9.17, 15) is 0 Å². The summed E-state index contributed by atoms with van der Waals surface area (Å²) in [6, 6.07) is 3.48. The van der Waals surface area contributed by atoms with Crippen LogP contribution in [0.3, 0.4) is 0 Å². The van der Waals surface area contributed by atoms with Crippen molar-refractivity contribution in [2.24, 2.45) is 5.73 Å². The summed E-state index contributed by atoms with van der Waals surface area (Å²) in [5.41, 5.74) is 5.24. The third kappa shape index (κ3) is 4.80. The Kier molecular flexibility index (Phi) is 4.49. The summed E-state index contributed by atoms with van der Waals surface area (Å²) >= 11 is 0. The molecule has 0 amide bonds. The van der Waals surface area contributed by atoms with E-state index in [0.29, 0.717) is 12.8 Å². The molecule has 1 unspecified atom stereocenters. The minimum Gasteiger partial charge on any atom is -0.316 e. The number of nitrogens with zero attached hydrogens (tertiary/aromatic N) is 2. The van der Waals surface area contributed by atoms with Gasteiger partial charge in [0.1, 0.15) is 0 Å². The molecule has 0 heterocycles. The molecule has 0 spiro atoms. The Bertz CT molecular complexity index is 139. The third-order valence-electron chi connectivity index (χ3n) is 0.970. The fraction of sp³-hybridized carbons (Fsp3) is 0.667. The van der Waals surface area contributed by atoms with E-state index in [1.807, 2.05) is 12.1 Å². The van der Waals surface area contributed by atoms with Crippen LogP contribution in [-0.4, -0.2) is 6.04 Å². The van der Waals surface area contributed by atoms with Crippen molar-refractivity contribution < 1.29 is 0 Å². The van der Waals surface area contributed by atoms with Crippen LogP contribution in [0.5, 0.6) is 0 Å². The van der Waals surface area contributed by atoms with Crippen LogP contribution in [0.2, 0.25) is 0 Å². The van der Waals surface area contributed by atoms with Crippen LogP contribution in [0.15, 0.2) is 0 Å². The topological polar surface area (TPSA) is 73.6 Å². The van der Waals surface area contributed by atoms with Crippen LogP contribution in [0, 0.1) is 22.7 Å². The largest absolute Gasteiger partial charge is 0.316 e. The lowest BCUT2D eigenvalue weighted by Gasteiger charge is -1.95. The molecule has 0 fully saturated rings. The second-order valence-electron chi connectivity index (χ2n) is 1.79. The molecule has 0 aromatic rings. The SMILES string of the molecule is N#CCCCC(N)C#N. The minimum atomic E-state index is -0.390. The smallest absolute Gasteiger partial charge is 0.0928 e. The minimum absolute atomic E-state index is 0.390. The number of nitrogens with two attached hydrogens (primary N) is 1. The summed E-state index contributed by atoms with van der Waals surface area (Å²) < 4.78 is 0. The predicted octanol–water partition coefficient (Wildman–Crippen LogP) is 0.531. The lowest BCUT2D eigenvalue weighted by molar-refractivity contribution is 0.686. The Labute approximate surface area is 54.7 Å². The van der Waals surface area contributed by atoms with Gasteiger partial charge in [-0.2, -0.15) is 10.5 Å². The molecular weight excluding hydrogens is 114 g/mol. The molecule has 0 radical (unpaired) electrons. The molecule has 0 aliphatic rings. The van der Waals surface area contributed by atoms with Gasteiger partial charge >= 0.3 is 0 Å². The van der Waals surface area contributed by atoms with Gasteiger partial charge in [-0.05, 0) is 12.8 Å². The predicted molar refractivity (Wildman–Crippen MR) is 33.1 cm³/mol. The van der Waals surface area contributed by atoms with Gasteiger partial charge in [-0.15, -0.1) is 0 Å². The average molecular weight is 123 g/mol. The average Bonchev–Trinajstić information content (AvgIpc) is 1.89. The lowest BCUT2D eigenvalue weighted by atomic mass is 10.1. The van der Waals surface area contributed by atoms with Crippen molar-refractivity contribution in [2.45, 2.75) is 25.3 Å². The van der Waals surface area contributed by atoms with Crippen molar-refractivity contribution in [1.29, 1.82) is 10.5 Å². The fourth-order valence-corrected chi connectivity index (χ4v) is 0.466. The van der Waals surface area contributed by atoms with E-state index >= 15 is 0 Å². The fourth-order valence-electron chi connectivity index (χ4n) is 0.466. The van der Waals surface area contributed by atoms with E-state index in [1.54, 1.807) is 0 Å². The first-order chi connectivity index (χ1) is 4.31. The monoisotopic (exact) mass is 123 g/mol. The maximum atomic E-state index is 8.18. The molecule has 3 nitrogen and oxygen atoms in total. The zero-order valence-electron chi connectivity index (χ0n) is 5.17. The van der Waals surface area contributed by atoms with Crippen LogP contribution >= 0.6 is 0 Å². The van der Waals surface area contributed by atoms with Crippen LogP contribution < -0.4 is 5.73 Å². The highest BCUT2D eigenvalue weighted by Gasteiger charge is 1.96. The van der Waals surface area contributed by atoms with Crippen LogP contribution in [0.4, 0.5) is 0 Å². The molecule has 2 N–H and O–H groups in total. The summed E-state index contributed by atoms with van der Waals surface area (Å²) in [5.74, 6) is 0. The van der Waals surface area contributed by atoms with Gasteiger partial charge in [-0.3, -0.25) is 0 Å². The summed E-state index contributed by atoms with van der Waals surface area (Å²) in [6.45, 7) is 0. The Morgan fingerprint density at radius 1 is 1.44 bits per heavy atom. The summed E-state index contributed by atoms with van der Waals surface area (Å²) in [4.78, 5) is 0. The van der Waals surface area contributed by atoms with Crippen molar-refractivity contribution in [3.05, 3.63) is 0 Å². The van der Waals surface area contributed by atoms with Gasteiger partial charge in [0.25, 0.3) is 0 Å². The van der Waals surface area contributed by atoms with E-state index in [0.717, 1.165) is 6.42 Å². The molecule has 3 heteroatoms. The second kappa shape index (κ2) is 5.08. The zero-order chi connectivity index (χ0) is 7.11. The van der Waals surface area contributed by atoms with Gasteiger partial charge in [-0.25, -0.2) is 0 Å². The molecule has 0 aliphatic heterocycles. The quantitative estimate of drug-likeness (QED) is 0.556. The van der Waals surface area contributed by atoms with Crippen molar-refractivity contribution in [3.8, 4) is 12.1 Å². The number of rotatable bonds is 3. The van der Waals surface area contributed by atoms with E-state index in [1.165, 1.54) is 0 Å². The van der Waals surface area contributed by atoms with Crippen LogP contribution in [0.1, 0.15) is 19.3 Å². The number of hydrogen-bond acceptors (Lipinski definition) is 3. The maximum absolute atomic E-state index is 8.18. The first-order valence-electron chi connectivity index (χ1n) is 2.83. The molecule has 0 saturated carbocycles. The molecular formula is C6H9N3. The normalized spacial score (nSPS) is 11.4. The van der Waals surface area contributed by atoms with E-state index in [-0.39, 0.29) is 0 Å². The Balaban J connectivity index is 3.12. The summed E-state index contributed by atoms with van der Waals surface area (Å²) in [5, 5.41) is 16.3. The van der Waals surface area contributed by atoms with E-state index < -0.39 is 6.04 Å². The highest BCUT2D eigenvalue weighted by Crippen LogP contribution is 1.95. The highest BCUT2D eigenvalue weighted by molar-refractivity contribution is 4.86. The van der Waals surface area contributed by atoms with Crippen molar-refractivity contribution in [1.82, 2.24) is 0 Å². The van der Waals surface area contributed by atoms with Crippen LogP contribution in [-0.2, 0) is 0 Å². The van der Waals surface area contributed by atoms with E-state index in [4.69, 9.17) is 16.3 Å². The van der Waals surface area contributed by atoms with Gasteiger partial charge in [0.15, 0.2) is 0 Å². The molecule has 0 saturated heterocycles. The molecule has 1 atom stereocenters. The molecule has 48 valence electrons. The van der Waals surface area contributed by atoms with Gasteiger partial charge < -0.3 is 5.73 Å². The summed E-state index contributed by atoms with van der Waals surface area (Å²) in [7, 11) is 0. The molecule has 0 aromatic carbocycles. The zero-order valence-corrected chi connectivity index (χ0v) is 5.17. The van der Waals surface area contributed by atoms with Gasteiger partial charge in [0.05, 0.1) is 18.2 Å². The Morgan fingerprint density at radius 2 is 2.11 bits per heavy atom.